The number of sulfonamides is 1. The van der Waals surface area contributed by atoms with Gasteiger partial charge in [0.2, 0.25) is 10.0 Å². The van der Waals surface area contributed by atoms with Crippen molar-refractivity contribution in [3.8, 4) is 0 Å². The van der Waals surface area contributed by atoms with E-state index >= 15 is 0 Å². The molecule has 114 valence electrons. The second kappa shape index (κ2) is 6.74. The molecule has 0 aliphatic rings. The Morgan fingerprint density at radius 3 is 2.81 bits per heavy atom. The van der Waals surface area contributed by atoms with Gasteiger partial charge in [-0.15, -0.1) is 0 Å². The molecule has 0 radical (unpaired) electrons. The van der Waals surface area contributed by atoms with Gasteiger partial charge in [0, 0.05) is 12.7 Å². The number of hydrogen-bond acceptors (Lipinski definition) is 6. The minimum absolute atomic E-state index is 0.107. The third-order valence-corrected chi connectivity index (χ3v) is 4.46. The molecule has 3 N–H and O–H groups in total. The Bertz CT molecular complexity index is 683. The summed E-state index contributed by atoms with van der Waals surface area (Å²) in [6.07, 6.45) is 2.94. The van der Waals surface area contributed by atoms with E-state index in [4.69, 9.17) is 0 Å². The first-order chi connectivity index (χ1) is 10.0. The zero-order chi connectivity index (χ0) is 15.3. The molecule has 0 saturated heterocycles. The van der Waals surface area contributed by atoms with Gasteiger partial charge in [-0.25, -0.2) is 23.1 Å². The molecule has 2 aromatic rings. The predicted molar refractivity (Wildman–Crippen MR) is 76.8 cm³/mol. The summed E-state index contributed by atoms with van der Waals surface area (Å²) < 4.78 is 27.4. The molecule has 0 atom stereocenters. The van der Waals surface area contributed by atoms with E-state index in [1.165, 1.54) is 6.33 Å². The molecule has 0 fully saturated rings. The van der Waals surface area contributed by atoms with Gasteiger partial charge in [0.05, 0.1) is 23.6 Å². The van der Waals surface area contributed by atoms with E-state index in [1.54, 1.807) is 19.2 Å². The van der Waals surface area contributed by atoms with Crippen molar-refractivity contribution in [2.24, 2.45) is 0 Å². The summed E-state index contributed by atoms with van der Waals surface area (Å²) in [6.45, 7) is 4.86. The summed E-state index contributed by atoms with van der Waals surface area (Å²) in [6, 6.07) is 1.66. The highest BCUT2D eigenvalue weighted by Crippen LogP contribution is 2.17. The van der Waals surface area contributed by atoms with E-state index in [0.717, 1.165) is 6.54 Å². The summed E-state index contributed by atoms with van der Waals surface area (Å²) in [7, 11) is -3.65. The summed E-state index contributed by atoms with van der Waals surface area (Å²) >= 11 is 0. The fourth-order valence-corrected chi connectivity index (χ4v) is 3.21. The third kappa shape index (κ3) is 3.84. The Hall–Kier alpha value is -1.84. The lowest BCUT2D eigenvalue weighted by Crippen LogP contribution is -2.26. The van der Waals surface area contributed by atoms with E-state index in [0.29, 0.717) is 23.6 Å². The van der Waals surface area contributed by atoms with Crippen LogP contribution in [0.1, 0.15) is 24.0 Å². The molecule has 2 aromatic heterocycles. The van der Waals surface area contributed by atoms with Crippen molar-refractivity contribution in [1.29, 1.82) is 0 Å². The van der Waals surface area contributed by atoms with Gasteiger partial charge in [-0.1, -0.05) is 6.92 Å². The SMILES string of the molecule is CCNCc1n[nH]c(C)c1S(=O)(=O)NCc1ccncn1. The highest BCUT2D eigenvalue weighted by atomic mass is 32.2. The maximum absolute atomic E-state index is 12.4. The number of nitrogens with zero attached hydrogens (tertiary/aromatic N) is 3. The van der Waals surface area contributed by atoms with Crippen LogP contribution < -0.4 is 10.0 Å². The van der Waals surface area contributed by atoms with Gasteiger partial charge in [-0.05, 0) is 19.5 Å². The number of hydrogen-bond donors (Lipinski definition) is 3. The molecule has 9 heteroatoms. The van der Waals surface area contributed by atoms with Crippen LogP contribution in [0.5, 0.6) is 0 Å². The fraction of sp³-hybridized carbons (Fsp3) is 0.417. The lowest BCUT2D eigenvalue weighted by molar-refractivity contribution is 0.577. The van der Waals surface area contributed by atoms with Crippen molar-refractivity contribution in [3.63, 3.8) is 0 Å². The van der Waals surface area contributed by atoms with Gasteiger partial charge in [-0.3, -0.25) is 5.10 Å². The summed E-state index contributed by atoms with van der Waals surface area (Å²) in [4.78, 5) is 7.97. The number of rotatable bonds is 7. The highest BCUT2D eigenvalue weighted by molar-refractivity contribution is 7.89. The maximum Gasteiger partial charge on any atom is 0.244 e. The first kappa shape index (κ1) is 15.5. The Morgan fingerprint density at radius 1 is 1.33 bits per heavy atom. The highest BCUT2D eigenvalue weighted by Gasteiger charge is 2.23. The van der Waals surface area contributed by atoms with E-state index in [1.807, 2.05) is 6.92 Å². The van der Waals surface area contributed by atoms with E-state index < -0.39 is 10.0 Å². The van der Waals surface area contributed by atoms with Crippen molar-refractivity contribution >= 4 is 10.0 Å². The predicted octanol–water partition coefficient (Wildman–Crippen LogP) is 0.0961. The minimum atomic E-state index is -3.65. The molecular formula is C12H18N6O2S. The van der Waals surface area contributed by atoms with Crippen molar-refractivity contribution in [3.05, 3.63) is 35.7 Å². The smallest absolute Gasteiger partial charge is 0.244 e. The quantitative estimate of drug-likeness (QED) is 0.668. The van der Waals surface area contributed by atoms with Crippen LogP contribution in [-0.2, 0) is 23.1 Å². The molecule has 0 bridgehead atoms. The number of H-pyrrole nitrogens is 1. The molecule has 0 unspecified atom stereocenters. The normalized spacial score (nSPS) is 11.7. The largest absolute Gasteiger partial charge is 0.311 e. The number of aromatic nitrogens is 4. The van der Waals surface area contributed by atoms with Crippen LogP contribution in [0.3, 0.4) is 0 Å². The number of aromatic amines is 1. The molecule has 8 nitrogen and oxygen atoms in total. The average molecular weight is 310 g/mol. The first-order valence-electron chi connectivity index (χ1n) is 6.53. The summed E-state index contributed by atoms with van der Waals surface area (Å²) in [5.74, 6) is 0. The Kier molecular flexibility index (Phi) is 4.99. The van der Waals surface area contributed by atoms with Crippen LogP contribution >= 0.6 is 0 Å². The molecule has 2 rings (SSSR count). The minimum Gasteiger partial charge on any atom is -0.311 e. The van der Waals surface area contributed by atoms with E-state index in [9.17, 15) is 8.42 Å². The molecule has 0 spiro atoms. The molecule has 0 aromatic carbocycles. The zero-order valence-electron chi connectivity index (χ0n) is 11.9. The molecule has 2 heterocycles. The van der Waals surface area contributed by atoms with Gasteiger partial charge in [0.25, 0.3) is 0 Å². The topological polar surface area (TPSA) is 113 Å². The van der Waals surface area contributed by atoms with Crippen LogP contribution in [0, 0.1) is 6.92 Å². The van der Waals surface area contributed by atoms with E-state index in [-0.39, 0.29) is 11.4 Å². The average Bonchev–Trinajstić information content (AvgIpc) is 2.86. The maximum atomic E-state index is 12.4. The van der Waals surface area contributed by atoms with Crippen LogP contribution in [0.15, 0.2) is 23.5 Å². The van der Waals surface area contributed by atoms with Crippen molar-refractivity contribution in [2.75, 3.05) is 6.54 Å². The number of aryl methyl sites for hydroxylation is 1. The van der Waals surface area contributed by atoms with Crippen LogP contribution in [0.2, 0.25) is 0 Å². The van der Waals surface area contributed by atoms with Gasteiger partial charge < -0.3 is 5.32 Å². The molecule has 21 heavy (non-hydrogen) atoms. The van der Waals surface area contributed by atoms with Crippen molar-refractivity contribution in [1.82, 2.24) is 30.2 Å². The Balaban J connectivity index is 2.17. The van der Waals surface area contributed by atoms with E-state index in [2.05, 4.69) is 30.2 Å². The fourth-order valence-electron chi connectivity index (χ4n) is 1.85. The van der Waals surface area contributed by atoms with Gasteiger partial charge in [0.15, 0.2) is 0 Å². The van der Waals surface area contributed by atoms with Gasteiger partial charge in [-0.2, -0.15) is 5.10 Å². The van der Waals surface area contributed by atoms with Crippen molar-refractivity contribution < 1.29 is 8.42 Å². The summed E-state index contributed by atoms with van der Waals surface area (Å²) in [5.41, 5.74) is 1.59. The zero-order valence-corrected chi connectivity index (χ0v) is 12.7. The lowest BCUT2D eigenvalue weighted by atomic mass is 10.3. The second-order valence-electron chi connectivity index (χ2n) is 4.43. The third-order valence-electron chi connectivity index (χ3n) is 2.86. The van der Waals surface area contributed by atoms with Crippen LogP contribution in [-0.4, -0.2) is 35.1 Å². The lowest BCUT2D eigenvalue weighted by Gasteiger charge is -2.08. The number of nitrogens with one attached hydrogen (secondary N) is 3. The van der Waals surface area contributed by atoms with Crippen molar-refractivity contribution in [2.45, 2.75) is 31.8 Å². The van der Waals surface area contributed by atoms with Crippen LogP contribution in [0.25, 0.3) is 0 Å². The first-order valence-corrected chi connectivity index (χ1v) is 8.02. The molecule has 0 saturated carbocycles. The molecular weight excluding hydrogens is 292 g/mol. The van der Waals surface area contributed by atoms with Crippen LogP contribution in [0.4, 0.5) is 0 Å². The van der Waals surface area contributed by atoms with Gasteiger partial charge in [0.1, 0.15) is 11.2 Å². The van der Waals surface area contributed by atoms with Gasteiger partial charge >= 0.3 is 0 Å². The Morgan fingerprint density at radius 2 is 2.14 bits per heavy atom. The molecule has 0 amide bonds. The standard InChI is InChI=1S/C12H18N6O2S/c1-3-13-7-11-12(9(2)17-18-11)21(19,20)16-6-10-4-5-14-8-15-10/h4-5,8,13,16H,3,6-7H2,1-2H3,(H,17,18). The molecule has 0 aliphatic heterocycles. The Labute approximate surface area is 123 Å². The summed E-state index contributed by atoms with van der Waals surface area (Å²) in [5, 5.41) is 9.83. The molecule has 0 aliphatic carbocycles. The second-order valence-corrected chi connectivity index (χ2v) is 6.13. The monoisotopic (exact) mass is 310 g/mol.